The first-order valence-corrected chi connectivity index (χ1v) is 10.9. The molecule has 10 nitrogen and oxygen atoms in total. The van der Waals surface area contributed by atoms with Crippen LogP contribution in [0, 0.1) is 0 Å². The molecule has 0 aliphatic heterocycles. The highest BCUT2D eigenvalue weighted by molar-refractivity contribution is 7.99. The van der Waals surface area contributed by atoms with Crippen molar-refractivity contribution in [3.8, 4) is 0 Å². The number of ether oxygens (including phenoxy) is 1. The number of esters is 1. The van der Waals surface area contributed by atoms with Crippen molar-refractivity contribution in [1.29, 1.82) is 0 Å². The predicted molar refractivity (Wildman–Crippen MR) is 119 cm³/mol. The van der Waals surface area contributed by atoms with Crippen LogP contribution < -0.4 is 5.32 Å². The van der Waals surface area contributed by atoms with Gasteiger partial charge in [-0.15, -0.1) is 15.3 Å². The van der Waals surface area contributed by atoms with Crippen LogP contribution in [0.1, 0.15) is 23.1 Å². The second-order valence-corrected chi connectivity index (χ2v) is 7.77. The molecule has 0 aliphatic carbocycles. The standard InChI is InChI=1S/C21H21N7O3S/c1-3-31-20(30)14-8-10-15(11-9-14)22-19(29)13-32-21-25-24-18(27(21)2)12-28-17-7-5-4-6-16(17)23-26-28/h4-11H,3,12-13H2,1-2H3,(H,22,29). The number of hydrogen-bond donors (Lipinski definition) is 1. The highest BCUT2D eigenvalue weighted by atomic mass is 32.2. The fourth-order valence-electron chi connectivity index (χ4n) is 3.01. The molecule has 4 rings (SSSR count). The molecule has 1 N–H and O–H groups in total. The van der Waals surface area contributed by atoms with Crippen molar-refractivity contribution in [3.63, 3.8) is 0 Å². The number of nitrogens with one attached hydrogen (secondary N) is 1. The number of hydrogen-bond acceptors (Lipinski definition) is 8. The maximum absolute atomic E-state index is 12.3. The van der Waals surface area contributed by atoms with Crippen LogP contribution in [0.15, 0.2) is 53.7 Å². The van der Waals surface area contributed by atoms with Gasteiger partial charge in [-0.3, -0.25) is 4.79 Å². The van der Waals surface area contributed by atoms with E-state index in [0.717, 1.165) is 11.0 Å². The Morgan fingerprint density at radius 2 is 1.84 bits per heavy atom. The summed E-state index contributed by atoms with van der Waals surface area (Å²) in [5.74, 6) is 0.291. The Balaban J connectivity index is 1.33. The number of para-hydroxylation sites is 1. The lowest BCUT2D eigenvalue weighted by Crippen LogP contribution is -2.15. The minimum absolute atomic E-state index is 0.165. The molecule has 0 saturated heterocycles. The molecule has 2 heterocycles. The average Bonchev–Trinajstić information content (AvgIpc) is 3.37. The average molecular weight is 452 g/mol. The third kappa shape index (κ3) is 4.78. The number of nitrogens with zero attached hydrogens (tertiary/aromatic N) is 6. The number of rotatable bonds is 8. The number of fused-ring (bicyclic) bond motifs is 1. The Morgan fingerprint density at radius 3 is 2.62 bits per heavy atom. The van der Waals surface area contributed by atoms with Crippen LogP contribution in [0.3, 0.4) is 0 Å². The number of thioether (sulfide) groups is 1. The molecule has 0 unspecified atom stereocenters. The first-order chi connectivity index (χ1) is 15.5. The molecule has 0 fully saturated rings. The highest BCUT2D eigenvalue weighted by Crippen LogP contribution is 2.18. The smallest absolute Gasteiger partial charge is 0.338 e. The number of anilines is 1. The van der Waals surface area contributed by atoms with Gasteiger partial charge >= 0.3 is 5.97 Å². The summed E-state index contributed by atoms with van der Waals surface area (Å²) in [5, 5.41) is 20.2. The van der Waals surface area contributed by atoms with E-state index in [1.807, 2.05) is 35.9 Å². The van der Waals surface area contributed by atoms with Gasteiger partial charge in [-0.05, 0) is 43.3 Å². The summed E-state index contributed by atoms with van der Waals surface area (Å²) in [7, 11) is 1.85. The summed E-state index contributed by atoms with van der Waals surface area (Å²) in [6, 6.07) is 14.3. The lowest BCUT2D eigenvalue weighted by atomic mass is 10.2. The summed E-state index contributed by atoms with van der Waals surface area (Å²) in [6.07, 6.45) is 0. The molecular formula is C21H21N7O3S. The molecule has 1 amide bonds. The van der Waals surface area contributed by atoms with E-state index in [9.17, 15) is 9.59 Å². The lowest BCUT2D eigenvalue weighted by molar-refractivity contribution is -0.113. The third-order valence-electron chi connectivity index (χ3n) is 4.65. The van der Waals surface area contributed by atoms with Gasteiger partial charge in [0.05, 0.1) is 23.4 Å². The molecule has 32 heavy (non-hydrogen) atoms. The van der Waals surface area contributed by atoms with Crippen LogP contribution in [0.4, 0.5) is 5.69 Å². The Morgan fingerprint density at radius 1 is 1.06 bits per heavy atom. The minimum Gasteiger partial charge on any atom is -0.462 e. The molecule has 0 bridgehead atoms. The lowest BCUT2D eigenvalue weighted by Gasteiger charge is -2.07. The van der Waals surface area contributed by atoms with Crippen molar-refractivity contribution in [1.82, 2.24) is 29.8 Å². The Bertz CT molecular complexity index is 1250. The van der Waals surface area contributed by atoms with Crippen molar-refractivity contribution in [2.45, 2.75) is 18.6 Å². The highest BCUT2D eigenvalue weighted by Gasteiger charge is 2.14. The van der Waals surface area contributed by atoms with Crippen LogP contribution >= 0.6 is 11.8 Å². The second-order valence-electron chi connectivity index (χ2n) is 6.83. The van der Waals surface area contributed by atoms with Crippen LogP contribution in [0.2, 0.25) is 0 Å². The molecule has 164 valence electrons. The molecule has 4 aromatic rings. The van der Waals surface area contributed by atoms with Gasteiger partial charge < -0.3 is 14.6 Å². The maximum atomic E-state index is 12.3. The molecule has 11 heteroatoms. The van der Waals surface area contributed by atoms with Gasteiger partial charge in [0.15, 0.2) is 11.0 Å². The molecule has 0 radical (unpaired) electrons. The van der Waals surface area contributed by atoms with E-state index in [2.05, 4.69) is 25.8 Å². The maximum Gasteiger partial charge on any atom is 0.338 e. The third-order valence-corrected chi connectivity index (χ3v) is 5.67. The van der Waals surface area contributed by atoms with E-state index in [1.54, 1.807) is 35.9 Å². The molecule has 2 aromatic carbocycles. The number of carbonyl (C=O) groups excluding carboxylic acids is 2. The SMILES string of the molecule is CCOC(=O)c1ccc(NC(=O)CSc2nnc(Cn3nnc4ccccc43)n2C)cc1. The van der Waals surface area contributed by atoms with Gasteiger partial charge in [0, 0.05) is 12.7 Å². The first kappa shape index (κ1) is 21.5. The Kier molecular flexibility index (Phi) is 6.45. The minimum atomic E-state index is -0.391. The van der Waals surface area contributed by atoms with E-state index < -0.39 is 5.97 Å². The van der Waals surface area contributed by atoms with E-state index in [4.69, 9.17) is 4.74 Å². The van der Waals surface area contributed by atoms with Gasteiger partial charge in [-0.25, -0.2) is 9.48 Å². The van der Waals surface area contributed by atoms with Crippen LogP contribution in [0.25, 0.3) is 11.0 Å². The summed E-state index contributed by atoms with van der Waals surface area (Å²) >= 11 is 1.28. The monoisotopic (exact) mass is 451 g/mol. The summed E-state index contributed by atoms with van der Waals surface area (Å²) < 4.78 is 8.55. The van der Waals surface area contributed by atoms with E-state index in [1.165, 1.54) is 11.8 Å². The first-order valence-electron chi connectivity index (χ1n) is 9.91. The molecule has 0 aliphatic rings. The van der Waals surface area contributed by atoms with Gasteiger partial charge in [-0.2, -0.15) is 0 Å². The fraction of sp³-hybridized carbons (Fsp3) is 0.238. The molecule has 2 aromatic heterocycles. The largest absolute Gasteiger partial charge is 0.462 e. The van der Waals surface area contributed by atoms with Crippen molar-refractivity contribution < 1.29 is 14.3 Å². The van der Waals surface area contributed by atoms with Crippen LogP contribution in [-0.2, 0) is 23.1 Å². The summed E-state index contributed by atoms with van der Waals surface area (Å²) in [6.45, 7) is 2.48. The van der Waals surface area contributed by atoms with Gasteiger partial charge in [0.25, 0.3) is 0 Å². The zero-order chi connectivity index (χ0) is 22.5. The predicted octanol–water partition coefficient (Wildman–Crippen LogP) is 2.52. The van der Waals surface area contributed by atoms with E-state index in [0.29, 0.717) is 35.4 Å². The fourth-order valence-corrected chi connectivity index (χ4v) is 3.74. The summed E-state index contributed by atoms with van der Waals surface area (Å²) in [4.78, 5) is 24.0. The van der Waals surface area contributed by atoms with Gasteiger partial charge in [-0.1, -0.05) is 29.1 Å². The van der Waals surface area contributed by atoms with E-state index in [-0.39, 0.29) is 11.7 Å². The molecular weight excluding hydrogens is 430 g/mol. The van der Waals surface area contributed by atoms with E-state index >= 15 is 0 Å². The van der Waals surface area contributed by atoms with Crippen LogP contribution in [0.5, 0.6) is 0 Å². The Labute approximate surface area is 188 Å². The quantitative estimate of drug-likeness (QED) is 0.321. The molecule has 0 atom stereocenters. The number of aromatic nitrogens is 6. The van der Waals surface area contributed by atoms with Crippen molar-refractivity contribution in [2.75, 3.05) is 17.7 Å². The van der Waals surface area contributed by atoms with Gasteiger partial charge in [0.2, 0.25) is 5.91 Å². The zero-order valence-corrected chi connectivity index (χ0v) is 18.4. The topological polar surface area (TPSA) is 117 Å². The van der Waals surface area contributed by atoms with Crippen molar-refractivity contribution in [2.24, 2.45) is 7.05 Å². The molecule has 0 saturated carbocycles. The zero-order valence-electron chi connectivity index (χ0n) is 17.6. The normalized spacial score (nSPS) is 10.9. The molecule has 0 spiro atoms. The Hall–Kier alpha value is -3.73. The van der Waals surface area contributed by atoms with Crippen molar-refractivity contribution in [3.05, 3.63) is 59.9 Å². The summed E-state index contributed by atoms with van der Waals surface area (Å²) in [5.41, 5.74) is 2.76. The number of benzene rings is 2. The van der Waals surface area contributed by atoms with Crippen molar-refractivity contribution >= 4 is 40.4 Å². The number of carbonyl (C=O) groups is 2. The van der Waals surface area contributed by atoms with Crippen LogP contribution in [-0.4, -0.2) is 54.0 Å². The second kappa shape index (κ2) is 9.60. The number of amides is 1. The van der Waals surface area contributed by atoms with Gasteiger partial charge in [0.1, 0.15) is 12.1 Å².